The zero-order chi connectivity index (χ0) is 16.4. The first kappa shape index (κ1) is 16.1. The Balaban J connectivity index is 1.70. The summed E-state index contributed by atoms with van der Waals surface area (Å²) in [5.74, 6) is 0.994. The molecule has 0 saturated heterocycles. The van der Waals surface area contributed by atoms with Crippen LogP contribution >= 0.6 is 22.9 Å². The lowest BCUT2D eigenvalue weighted by atomic mass is 10.1. The Morgan fingerprint density at radius 3 is 2.83 bits per heavy atom. The van der Waals surface area contributed by atoms with Crippen molar-refractivity contribution in [3.63, 3.8) is 0 Å². The van der Waals surface area contributed by atoms with Gasteiger partial charge >= 0.3 is 0 Å². The number of hydrogen-bond donors (Lipinski definition) is 1. The smallest absolute Gasteiger partial charge is 0.247 e. The van der Waals surface area contributed by atoms with Crippen LogP contribution < -0.4 is 5.32 Å². The molecule has 0 radical (unpaired) electrons. The summed E-state index contributed by atoms with van der Waals surface area (Å²) in [4.78, 5) is 4.53. The maximum atomic E-state index is 5.98. The third kappa shape index (κ3) is 3.77. The normalized spacial score (nSPS) is 11.8. The van der Waals surface area contributed by atoms with E-state index in [9.17, 15) is 0 Å². The lowest BCUT2D eigenvalue weighted by molar-refractivity contribution is 0.365. The number of aromatic nitrogens is 3. The molecule has 0 aliphatic rings. The van der Waals surface area contributed by atoms with Crippen LogP contribution in [0.3, 0.4) is 0 Å². The van der Waals surface area contributed by atoms with Crippen molar-refractivity contribution in [2.75, 3.05) is 0 Å². The Hall–Kier alpha value is -1.76. The summed E-state index contributed by atoms with van der Waals surface area (Å²) in [6.45, 7) is 6.63. The van der Waals surface area contributed by atoms with Crippen LogP contribution in [-0.2, 0) is 12.1 Å². The van der Waals surface area contributed by atoms with Crippen molar-refractivity contribution in [3.8, 4) is 11.5 Å². The summed E-state index contributed by atoms with van der Waals surface area (Å²) in [5.41, 5.74) is 1.58. The fourth-order valence-electron chi connectivity index (χ4n) is 2.08. The quantitative estimate of drug-likeness (QED) is 0.749. The van der Waals surface area contributed by atoms with Crippen molar-refractivity contribution in [2.24, 2.45) is 0 Å². The predicted octanol–water partition coefficient (Wildman–Crippen LogP) is 4.18. The van der Waals surface area contributed by atoms with Gasteiger partial charge in [-0.3, -0.25) is 5.32 Å². The van der Waals surface area contributed by atoms with Crippen LogP contribution in [-0.4, -0.2) is 15.2 Å². The molecule has 120 valence electrons. The lowest BCUT2D eigenvalue weighted by Gasteiger charge is -2.22. The van der Waals surface area contributed by atoms with Gasteiger partial charge in [-0.25, -0.2) is 4.98 Å². The van der Waals surface area contributed by atoms with Crippen molar-refractivity contribution >= 4 is 22.9 Å². The zero-order valence-corrected chi connectivity index (χ0v) is 14.7. The van der Waals surface area contributed by atoms with Crippen LogP contribution in [0.25, 0.3) is 11.5 Å². The Kier molecular flexibility index (Phi) is 4.48. The molecule has 0 aliphatic carbocycles. The van der Waals surface area contributed by atoms with Crippen molar-refractivity contribution in [1.29, 1.82) is 0 Å². The molecule has 23 heavy (non-hydrogen) atoms. The average Bonchev–Trinajstić information content (AvgIpc) is 3.14. The molecule has 3 rings (SSSR count). The Labute approximate surface area is 143 Å². The SMILES string of the molecule is Cc1csc(C(C)(C)NCc2nnc(-c3cccc(Cl)c3)o2)n1. The number of aryl methyl sites for hydroxylation is 1. The number of benzene rings is 1. The minimum absolute atomic E-state index is 0.260. The van der Waals surface area contributed by atoms with Crippen molar-refractivity contribution in [2.45, 2.75) is 32.9 Å². The van der Waals surface area contributed by atoms with Gasteiger partial charge in [0, 0.05) is 21.7 Å². The molecule has 0 aliphatic heterocycles. The molecule has 7 heteroatoms. The van der Waals surface area contributed by atoms with E-state index in [1.165, 1.54) is 0 Å². The van der Waals surface area contributed by atoms with Crippen molar-refractivity contribution in [3.05, 3.63) is 51.3 Å². The van der Waals surface area contributed by atoms with E-state index in [1.54, 1.807) is 17.4 Å². The third-order valence-corrected chi connectivity index (χ3v) is 4.89. The molecule has 0 fully saturated rings. The van der Waals surface area contributed by atoms with E-state index in [4.69, 9.17) is 16.0 Å². The van der Waals surface area contributed by atoms with E-state index in [1.807, 2.05) is 30.5 Å². The van der Waals surface area contributed by atoms with Crippen LogP contribution in [0.5, 0.6) is 0 Å². The van der Waals surface area contributed by atoms with Gasteiger partial charge < -0.3 is 4.42 Å². The Bertz CT molecular complexity index is 812. The fourth-order valence-corrected chi connectivity index (χ4v) is 3.17. The number of hydrogen-bond acceptors (Lipinski definition) is 6. The van der Waals surface area contributed by atoms with E-state index in [0.29, 0.717) is 23.3 Å². The van der Waals surface area contributed by atoms with Crippen molar-refractivity contribution < 1.29 is 4.42 Å². The van der Waals surface area contributed by atoms with E-state index >= 15 is 0 Å². The minimum Gasteiger partial charge on any atom is -0.419 e. The van der Waals surface area contributed by atoms with E-state index in [0.717, 1.165) is 16.3 Å². The molecule has 2 heterocycles. The molecule has 3 aromatic rings. The van der Waals surface area contributed by atoms with Crippen molar-refractivity contribution in [1.82, 2.24) is 20.5 Å². The van der Waals surface area contributed by atoms with Gasteiger partial charge in [0.2, 0.25) is 11.8 Å². The Morgan fingerprint density at radius 2 is 2.13 bits per heavy atom. The molecule has 0 atom stereocenters. The van der Waals surface area contributed by atoms with E-state index in [2.05, 4.69) is 34.3 Å². The second-order valence-electron chi connectivity index (χ2n) is 5.78. The molecule has 1 N–H and O–H groups in total. The van der Waals surface area contributed by atoms with Crippen LogP contribution in [0.2, 0.25) is 5.02 Å². The highest BCUT2D eigenvalue weighted by Crippen LogP contribution is 2.25. The van der Waals surface area contributed by atoms with Gasteiger partial charge in [-0.05, 0) is 39.0 Å². The molecule has 1 aromatic carbocycles. The van der Waals surface area contributed by atoms with Gasteiger partial charge in [-0.2, -0.15) is 0 Å². The minimum atomic E-state index is -0.260. The first-order valence-electron chi connectivity index (χ1n) is 7.20. The topological polar surface area (TPSA) is 63.8 Å². The molecule has 0 spiro atoms. The summed E-state index contributed by atoms with van der Waals surface area (Å²) >= 11 is 7.62. The fraction of sp³-hybridized carbons (Fsp3) is 0.312. The third-order valence-electron chi connectivity index (χ3n) is 3.37. The van der Waals surface area contributed by atoms with Gasteiger partial charge in [-0.15, -0.1) is 21.5 Å². The van der Waals surface area contributed by atoms with Crippen LogP contribution in [0.1, 0.15) is 30.4 Å². The van der Waals surface area contributed by atoms with Crippen LogP contribution in [0.4, 0.5) is 0 Å². The molecule has 0 bridgehead atoms. The number of nitrogens with zero attached hydrogens (tertiary/aromatic N) is 3. The standard InChI is InChI=1S/C16H17ClN4OS/c1-10-9-23-15(19-10)16(2,3)18-8-13-20-21-14(22-13)11-5-4-6-12(17)7-11/h4-7,9,18H,8H2,1-3H3. The average molecular weight is 349 g/mol. The molecule has 0 unspecified atom stereocenters. The van der Waals surface area contributed by atoms with Crippen LogP contribution in [0.15, 0.2) is 34.1 Å². The predicted molar refractivity (Wildman–Crippen MR) is 91.5 cm³/mol. The van der Waals surface area contributed by atoms with Gasteiger partial charge in [-0.1, -0.05) is 17.7 Å². The number of rotatable bonds is 5. The summed E-state index contributed by atoms with van der Waals surface area (Å²) in [6, 6.07) is 7.35. The van der Waals surface area contributed by atoms with Gasteiger partial charge in [0.15, 0.2) is 0 Å². The highest BCUT2D eigenvalue weighted by Gasteiger charge is 2.24. The summed E-state index contributed by atoms with van der Waals surface area (Å²) in [7, 11) is 0. The molecular weight excluding hydrogens is 332 g/mol. The maximum Gasteiger partial charge on any atom is 0.247 e. The summed E-state index contributed by atoms with van der Waals surface area (Å²) in [5, 5.41) is 15.3. The van der Waals surface area contributed by atoms with Crippen LogP contribution in [0, 0.1) is 6.92 Å². The number of thiazole rings is 1. The lowest BCUT2D eigenvalue weighted by Crippen LogP contribution is -2.36. The maximum absolute atomic E-state index is 5.98. The molecule has 5 nitrogen and oxygen atoms in total. The second-order valence-corrected chi connectivity index (χ2v) is 7.08. The van der Waals surface area contributed by atoms with Gasteiger partial charge in [0.1, 0.15) is 5.01 Å². The summed E-state index contributed by atoms with van der Waals surface area (Å²) < 4.78 is 5.70. The second kappa shape index (κ2) is 6.39. The first-order chi connectivity index (χ1) is 10.9. The highest BCUT2D eigenvalue weighted by atomic mass is 35.5. The van der Waals surface area contributed by atoms with E-state index < -0.39 is 0 Å². The first-order valence-corrected chi connectivity index (χ1v) is 8.46. The molecule has 0 amide bonds. The largest absolute Gasteiger partial charge is 0.419 e. The Morgan fingerprint density at radius 1 is 1.30 bits per heavy atom. The molecule has 2 aromatic heterocycles. The van der Waals surface area contributed by atoms with Gasteiger partial charge in [0.25, 0.3) is 0 Å². The summed E-state index contributed by atoms with van der Waals surface area (Å²) in [6.07, 6.45) is 0. The number of halogens is 1. The highest BCUT2D eigenvalue weighted by molar-refractivity contribution is 7.09. The number of nitrogens with one attached hydrogen (secondary N) is 1. The molecular formula is C16H17ClN4OS. The van der Waals surface area contributed by atoms with E-state index in [-0.39, 0.29) is 5.54 Å². The zero-order valence-electron chi connectivity index (χ0n) is 13.1. The molecule has 0 saturated carbocycles. The monoisotopic (exact) mass is 348 g/mol. The van der Waals surface area contributed by atoms with Gasteiger partial charge in [0.05, 0.1) is 12.1 Å².